The van der Waals surface area contributed by atoms with Crippen LogP contribution in [0.4, 0.5) is 0 Å². The van der Waals surface area contributed by atoms with Gasteiger partial charge >= 0.3 is 0 Å². The molecule has 1 aromatic carbocycles. The number of nitrogens with zero attached hydrogens (tertiary/aromatic N) is 1. The van der Waals surface area contributed by atoms with Gasteiger partial charge in [0.25, 0.3) is 5.91 Å². The molecule has 2 amide bonds. The van der Waals surface area contributed by atoms with Crippen molar-refractivity contribution in [2.75, 3.05) is 26.7 Å². The number of rotatable bonds is 9. The van der Waals surface area contributed by atoms with Crippen molar-refractivity contribution in [3.63, 3.8) is 0 Å². The number of ether oxygens (including phenoxy) is 1. The van der Waals surface area contributed by atoms with E-state index in [0.29, 0.717) is 11.4 Å². The first kappa shape index (κ1) is 23.3. The van der Waals surface area contributed by atoms with E-state index in [9.17, 15) is 9.59 Å². The Hall–Kier alpha value is -2.38. The fourth-order valence-electron chi connectivity index (χ4n) is 4.07. The lowest BCUT2D eigenvalue weighted by Crippen LogP contribution is -2.51. The zero-order valence-electron chi connectivity index (χ0n) is 18.6. The lowest BCUT2D eigenvalue weighted by atomic mass is 9.99. The van der Waals surface area contributed by atoms with Crippen LogP contribution in [0.5, 0.6) is 5.75 Å². The van der Waals surface area contributed by atoms with Crippen molar-refractivity contribution in [1.82, 2.24) is 15.5 Å². The number of carbonyl (C=O) groups is 2. The number of hydrogen-bond acceptors (Lipinski definition) is 5. The van der Waals surface area contributed by atoms with Crippen molar-refractivity contribution in [2.24, 2.45) is 5.92 Å². The topological polar surface area (TPSA) is 70.7 Å². The number of methoxy groups -OCH3 is 1. The summed E-state index contributed by atoms with van der Waals surface area (Å²) in [6.07, 6.45) is 3.56. The van der Waals surface area contributed by atoms with Gasteiger partial charge in [0.15, 0.2) is 0 Å². The molecule has 1 saturated heterocycles. The zero-order chi connectivity index (χ0) is 22.2. The molecular formula is C24H33N3O3S. The second-order valence-corrected chi connectivity index (χ2v) is 9.22. The van der Waals surface area contributed by atoms with Gasteiger partial charge in [-0.1, -0.05) is 44.5 Å². The minimum atomic E-state index is -0.589. The highest BCUT2D eigenvalue weighted by Gasteiger charge is 2.29. The minimum absolute atomic E-state index is 0.0244. The number of nitrogens with one attached hydrogen (secondary N) is 2. The predicted octanol–water partition coefficient (Wildman–Crippen LogP) is 3.85. The van der Waals surface area contributed by atoms with Crippen molar-refractivity contribution in [2.45, 2.75) is 45.2 Å². The molecule has 31 heavy (non-hydrogen) atoms. The fraction of sp³-hybridized carbons (Fsp3) is 0.500. The maximum Gasteiger partial charge on any atom is 0.262 e. The molecule has 0 spiro atoms. The summed E-state index contributed by atoms with van der Waals surface area (Å²) < 4.78 is 5.61. The summed E-state index contributed by atoms with van der Waals surface area (Å²) in [4.78, 5) is 28.6. The monoisotopic (exact) mass is 443 g/mol. The molecule has 2 N–H and O–H groups in total. The molecule has 0 radical (unpaired) electrons. The summed E-state index contributed by atoms with van der Waals surface area (Å²) in [5.74, 6) is 0.445. The molecule has 3 rings (SSSR count). The van der Waals surface area contributed by atoms with Gasteiger partial charge in [0, 0.05) is 12.1 Å². The Bertz CT molecular complexity index is 848. The van der Waals surface area contributed by atoms with Gasteiger partial charge in [-0.05, 0) is 49.4 Å². The van der Waals surface area contributed by atoms with Crippen molar-refractivity contribution in [3.8, 4) is 5.75 Å². The molecule has 168 valence electrons. The third kappa shape index (κ3) is 6.08. The quantitative estimate of drug-likeness (QED) is 0.618. The van der Waals surface area contributed by atoms with Crippen LogP contribution in [-0.4, -0.2) is 49.5 Å². The standard InChI is InChI=1S/C24H33N3O3S/c1-17(2)22(26-23(28)21-12-9-15-31-21)24(29)25-16-19(27-13-7-4-8-14-27)18-10-5-6-11-20(18)30-3/h5-6,9-12,15,17,19,22H,4,7-8,13-14,16H2,1-3H3,(H,25,29)(H,26,28). The van der Waals surface area contributed by atoms with E-state index < -0.39 is 6.04 Å². The number of carbonyl (C=O) groups excluding carboxylic acids is 2. The third-order valence-corrected chi connectivity index (χ3v) is 6.65. The van der Waals surface area contributed by atoms with Crippen LogP contribution < -0.4 is 15.4 Å². The molecule has 2 unspecified atom stereocenters. The number of hydrogen-bond donors (Lipinski definition) is 2. The first-order valence-electron chi connectivity index (χ1n) is 11.0. The Morgan fingerprint density at radius 3 is 2.48 bits per heavy atom. The van der Waals surface area contributed by atoms with Gasteiger partial charge in [-0.15, -0.1) is 11.3 Å². The van der Waals surface area contributed by atoms with E-state index >= 15 is 0 Å². The number of likely N-dealkylation sites (tertiary alicyclic amines) is 1. The summed E-state index contributed by atoms with van der Waals surface area (Å²) in [6, 6.07) is 11.0. The average molecular weight is 444 g/mol. The van der Waals surface area contributed by atoms with Gasteiger partial charge in [0.05, 0.1) is 18.0 Å². The molecular weight excluding hydrogens is 410 g/mol. The van der Waals surface area contributed by atoms with E-state index in [0.717, 1.165) is 37.2 Å². The Morgan fingerprint density at radius 1 is 1.10 bits per heavy atom. The van der Waals surface area contributed by atoms with Crippen LogP contribution in [0.25, 0.3) is 0 Å². The second-order valence-electron chi connectivity index (χ2n) is 8.27. The van der Waals surface area contributed by atoms with Gasteiger partial charge < -0.3 is 15.4 Å². The molecule has 1 aromatic heterocycles. The summed E-state index contributed by atoms with van der Waals surface area (Å²) >= 11 is 1.37. The van der Waals surface area contributed by atoms with Crippen molar-refractivity contribution < 1.29 is 14.3 Å². The van der Waals surface area contributed by atoms with Crippen molar-refractivity contribution in [3.05, 3.63) is 52.2 Å². The average Bonchev–Trinajstić information content (AvgIpc) is 3.33. The number of thiophene rings is 1. The van der Waals surface area contributed by atoms with Crippen LogP contribution in [-0.2, 0) is 4.79 Å². The SMILES string of the molecule is COc1ccccc1C(CNC(=O)C(NC(=O)c1cccs1)C(C)C)N1CCCCC1. The van der Waals surface area contributed by atoms with Gasteiger partial charge in [0.1, 0.15) is 11.8 Å². The van der Waals surface area contributed by atoms with Crippen molar-refractivity contribution in [1.29, 1.82) is 0 Å². The van der Waals surface area contributed by atoms with Gasteiger partial charge in [-0.3, -0.25) is 14.5 Å². The molecule has 1 aliphatic rings. The first-order chi connectivity index (χ1) is 15.0. The smallest absolute Gasteiger partial charge is 0.262 e. The molecule has 1 fully saturated rings. The lowest BCUT2D eigenvalue weighted by molar-refractivity contribution is -0.124. The Balaban J connectivity index is 1.72. The Labute approximate surface area is 189 Å². The van der Waals surface area contributed by atoms with Gasteiger partial charge in [0.2, 0.25) is 5.91 Å². The van der Waals surface area contributed by atoms with Crippen LogP contribution in [0.15, 0.2) is 41.8 Å². The van der Waals surface area contributed by atoms with Gasteiger partial charge in [-0.2, -0.15) is 0 Å². The highest BCUT2D eigenvalue weighted by molar-refractivity contribution is 7.12. The van der Waals surface area contributed by atoms with E-state index in [4.69, 9.17) is 4.74 Å². The molecule has 6 nitrogen and oxygen atoms in total. The third-order valence-electron chi connectivity index (χ3n) is 5.78. The van der Waals surface area contributed by atoms with Crippen LogP contribution in [0.2, 0.25) is 0 Å². The van der Waals surface area contributed by atoms with E-state index in [1.807, 2.05) is 43.5 Å². The molecule has 7 heteroatoms. The predicted molar refractivity (Wildman–Crippen MR) is 125 cm³/mol. The molecule has 0 aliphatic carbocycles. The number of benzene rings is 1. The van der Waals surface area contributed by atoms with E-state index in [1.165, 1.54) is 17.8 Å². The highest BCUT2D eigenvalue weighted by Crippen LogP contribution is 2.31. The van der Waals surface area contributed by atoms with E-state index in [1.54, 1.807) is 13.2 Å². The van der Waals surface area contributed by atoms with Crippen molar-refractivity contribution >= 4 is 23.2 Å². The van der Waals surface area contributed by atoms with Crippen LogP contribution in [0.3, 0.4) is 0 Å². The second kappa shape index (κ2) is 11.3. The number of para-hydroxylation sites is 1. The molecule has 2 aromatic rings. The van der Waals surface area contributed by atoms with E-state index in [2.05, 4.69) is 21.6 Å². The molecule has 2 atom stereocenters. The largest absolute Gasteiger partial charge is 0.496 e. The minimum Gasteiger partial charge on any atom is -0.496 e. The first-order valence-corrected chi connectivity index (χ1v) is 11.9. The van der Waals surface area contributed by atoms with Crippen LogP contribution in [0.1, 0.15) is 54.4 Å². The van der Waals surface area contributed by atoms with Gasteiger partial charge in [-0.25, -0.2) is 0 Å². The summed E-state index contributed by atoms with van der Waals surface area (Å²) in [6.45, 7) is 6.36. The zero-order valence-corrected chi connectivity index (χ0v) is 19.4. The van der Waals surface area contributed by atoms with Crippen LogP contribution in [0, 0.1) is 5.92 Å². The maximum absolute atomic E-state index is 13.1. The summed E-state index contributed by atoms with van der Waals surface area (Å²) in [5.41, 5.74) is 1.08. The van der Waals surface area contributed by atoms with Crippen LogP contribution >= 0.6 is 11.3 Å². The fourth-order valence-corrected chi connectivity index (χ4v) is 4.70. The molecule has 1 aliphatic heterocycles. The lowest BCUT2D eigenvalue weighted by Gasteiger charge is -2.36. The Kier molecular flexibility index (Phi) is 8.49. The maximum atomic E-state index is 13.1. The number of amides is 2. The summed E-state index contributed by atoms with van der Waals surface area (Å²) in [5, 5.41) is 7.88. The number of piperidine rings is 1. The van der Waals surface area contributed by atoms with E-state index in [-0.39, 0.29) is 23.8 Å². The highest BCUT2D eigenvalue weighted by atomic mass is 32.1. The molecule has 2 heterocycles. The Morgan fingerprint density at radius 2 is 1.84 bits per heavy atom. The normalized spacial score (nSPS) is 16.5. The molecule has 0 saturated carbocycles. The molecule has 0 bridgehead atoms. The summed E-state index contributed by atoms with van der Waals surface area (Å²) in [7, 11) is 1.68.